The van der Waals surface area contributed by atoms with Crippen LogP contribution in [0.2, 0.25) is 0 Å². The lowest BCUT2D eigenvalue weighted by Gasteiger charge is -2.30. The van der Waals surface area contributed by atoms with E-state index in [4.69, 9.17) is 9.84 Å². The SMILES string of the molecule is Cc1nc(N2NNC(c3cccc(OCC(=O)O)c3)(c3cccc(S(=O)(=O)O)c3)N2)sc1C. The molecule has 3 aromatic rings. The van der Waals surface area contributed by atoms with Gasteiger partial charge in [0.05, 0.1) is 10.6 Å². The van der Waals surface area contributed by atoms with Gasteiger partial charge in [0.2, 0.25) is 5.13 Å². The van der Waals surface area contributed by atoms with Crippen LogP contribution in [0.3, 0.4) is 0 Å². The van der Waals surface area contributed by atoms with Gasteiger partial charge in [-0.1, -0.05) is 35.6 Å². The van der Waals surface area contributed by atoms with E-state index >= 15 is 0 Å². The molecule has 1 aromatic heterocycles. The second-order valence-corrected chi connectivity index (χ2v) is 9.89. The molecular formula is C20H21N5O6S2. The molecule has 1 aliphatic rings. The average molecular weight is 492 g/mol. The summed E-state index contributed by atoms with van der Waals surface area (Å²) in [6.07, 6.45) is 0. The summed E-state index contributed by atoms with van der Waals surface area (Å²) in [5, 5.41) is 11.1. The van der Waals surface area contributed by atoms with Crippen LogP contribution in [0.15, 0.2) is 53.4 Å². The highest BCUT2D eigenvalue weighted by Crippen LogP contribution is 2.35. The maximum absolute atomic E-state index is 11.8. The van der Waals surface area contributed by atoms with Crippen molar-refractivity contribution in [2.24, 2.45) is 0 Å². The molecular weight excluding hydrogens is 470 g/mol. The van der Waals surface area contributed by atoms with Gasteiger partial charge < -0.3 is 9.84 Å². The number of thiazole rings is 1. The number of aromatic nitrogens is 1. The average Bonchev–Trinajstić information content (AvgIpc) is 3.37. The molecule has 174 valence electrons. The summed E-state index contributed by atoms with van der Waals surface area (Å²) in [6.45, 7) is 3.33. The number of ether oxygens (including phenoxy) is 1. The fraction of sp³-hybridized carbons (Fsp3) is 0.200. The number of hydrogen-bond donors (Lipinski definition) is 5. The number of aryl methyl sites for hydroxylation is 2. The lowest BCUT2D eigenvalue weighted by Crippen LogP contribution is -2.49. The van der Waals surface area contributed by atoms with Crippen molar-refractivity contribution in [2.45, 2.75) is 24.4 Å². The summed E-state index contributed by atoms with van der Waals surface area (Å²) < 4.78 is 38.4. The summed E-state index contributed by atoms with van der Waals surface area (Å²) in [5.41, 5.74) is 10.1. The molecule has 11 nitrogen and oxygen atoms in total. The van der Waals surface area contributed by atoms with Gasteiger partial charge in [0, 0.05) is 4.88 Å². The Morgan fingerprint density at radius 2 is 1.88 bits per heavy atom. The summed E-state index contributed by atoms with van der Waals surface area (Å²) >= 11 is 1.45. The Morgan fingerprint density at radius 3 is 2.52 bits per heavy atom. The third-order valence-electron chi connectivity index (χ3n) is 5.04. The molecule has 1 unspecified atom stereocenters. The molecule has 1 fully saturated rings. The lowest BCUT2D eigenvalue weighted by atomic mass is 9.92. The third kappa shape index (κ3) is 4.68. The topological polar surface area (TPSA) is 153 Å². The number of carboxylic acids is 1. The predicted octanol–water partition coefficient (Wildman–Crippen LogP) is 1.71. The number of carboxylic acid groups (broad SMARTS) is 1. The molecule has 4 rings (SSSR count). The zero-order valence-corrected chi connectivity index (χ0v) is 19.2. The van der Waals surface area contributed by atoms with Gasteiger partial charge in [-0.15, -0.1) is 5.53 Å². The fourth-order valence-corrected chi connectivity index (χ4v) is 4.66. The monoisotopic (exact) mass is 491 g/mol. The highest BCUT2D eigenvalue weighted by Gasteiger charge is 2.43. The minimum Gasteiger partial charge on any atom is -0.482 e. The molecule has 33 heavy (non-hydrogen) atoms. The van der Waals surface area contributed by atoms with E-state index in [-0.39, 0.29) is 4.90 Å². The molecule has 1 atom stereocenters. The number of anilines is 1. The van der Waals surface area contributed by atoms with Gasteiger partial charge in [0.1, 0.15) is 5.75 Å². The Balaban J connectivity index is 1.80. The summed E-state index contributed by atoms with van der Waals surface area (Å²) in [7, 11) is -4.45. The first-order chi connectivity index (χ1) is 15.6. The highest BCUT2D eigenvalue weighted by atomic mass is 32.2. The second kappa shape index (κ2) is 8.70. The fourth-order valence-electron chi connectivity index (χ4n) is 3.30. The van der Waals surface area contributed by atoms with E-state index in [0.29, 0.717) is 22.0 Å². The van der Waals surface area contributed by atoms with E-state index < -0.39 is 28.4 Å². The second-order valence-electron chi connectivity index (χ2n) is 7.29. The standard InChI is InChI=1S/C20H21N5O6S2/c1-12-13(2)32-19(21-12)25-23-20(22-24-25,15-6-4-8-17(10-15)33(28,29)30)14-5-3-7-16(9-14)31-11-18(26)27/h3-10,22-24H,11H2,1-2H3,(H,26,27)(H,28,29,30). The number of nitrogens with zero attached hydrogens (tertiary/aromatic N) is 2. The van der Waals surface area contributed by atoms with Crippen LogP contribution in [-0.2, 0) is 20.6 Å². The van der Waals surface area contributed by atoms with Gasteiger partial charge >= 0.3 is 5.97 Å². The number of hydrazine groups is 3. The molecule has 0 saturated carbocycles. The molecule has 0 spiro atoms. The Morgan fingerprint density at radius 1 is 1.18 bits per heavy atom. The molecule has 2 aromatic carbocycles. The first kappa shape index (κ1) is 23.1. The predicted molar refractivity (Wildman–Crippen MR) is 120 cm³/mol. The number of aliphatic carboxylic acids is 1. The smallest absolute Gasteiger partial charge is 0.341 e. The highest BCUT2D eigenvalue weighted by molar-refractivity contribution is 7.85. The largest absolute Gasteiger partial charge is 0.482 e. The Kier molecular flexibility index (Phi) is 6.09. The number of carbonyl (C=O) groups is 1. The van der Waals surface area contributed by atoms with Crippen LogP contribution < -0.4 is 26.2 Å². The van der Waals surface area contributed by atoms with Crippen LogP contribution in [0.5, 0.6) is 5.75 Å². The molecule has 1 saturated heterocycles. The minimum absolute atomic E-state index is 0.277. The van der Waals surface area contributed by atoms with Crippen molar-refractivity contribution in [3.63, 3.8) is 0 Å². The van der Waals surface area contributed by atoms with Crippen molar-refractivity contribution in [1.82, 2.24) is 21.4 Å². The Labute approximate surface area is 193 Å². The zero-order chi connectivity index (χ0) is 23.8. The summed E-state index contributed by atoms with van der Waals surface area (Å²) in [5.74, 6) is -0.807. The molecule has 0 bridgehead atoms. The van der Waals surface area contributed by atoms with E-state index in [1.807, 2.05) is 13.8 Å². The lowest BCUT2D eigenvalue weighted by molar-refractivity contribution is -0.139. The summed E-state index contributed by atoms with van der Waals surface area (Å²) in [4.78, 5) is 16.2. The first-order valence-electron chi connectivity index (χ1n) is 9.66. The van der Waals surface area contributed by atoms with E-state index in [1.165, 1.54) is 29.5 Å². The van der Waals surface area contributed by atoms with Crippen molar-refractivity contribution in [2.75, 3.05) is 11.7 Å². The molecule has 5 N–H and O–H groups in total. The molecule has 13 heteroatoms. The third-order valence-corrected chi connectivity index (χ3v) is 6.95. The van der Waals surface area contributed by atoms with Crippen molar-refractivity contribution in [3.8, 4) is 5.75 Å². The van der Waals surface area contributed by atoms with Gasteiger partial charge in [-0.25, -0.2) is 15.2 Å². The number of nitrogens with one attached hydrogen (secondary N) is 3. The maximum Gasteiger partial charge on any atom is 0.341 e. The number of hydrogen-bond acceptors (Lipinski definition) is 10. The van der Waals surface area contributed by atoms with E-state index in [9.17, 15) is 17.8 Å². The zero-order valence-electron chi connectivity index (χ0n) is 17.6. The number of benzene rings is 2. The van der Waals surface area contributed by atoms with Crippen LogP contribution in [-0.4, -0.2) is 35.6 Å². The van der Waals surface area contributed by atoms with Gasteiger partial charge in [-0.2, -0.15) is 19.0 Å². The number of rotatable bonds is 7. The van der Waals surface area contributed by atoms with Gasteiger partial charge in [0.15, 0.2) is 12.3 Å². The van der Waals surface area contributed by atoms with Crippen LogP contribution in [0.4, 0.5) is 5.13 Å². The van der Waals surface area contributed by atoms with E-state index in [1.54, 1.807) is 35.4 Å². The Hall–Kier alpha value is -3.07. The van der Waals surface area contributed by atoms with E-state index in [0.717, 1.165) is 10.6 Å². The molecule has 0 amide bonds. The van der Waals surface area contributed by atoms with Crippen LogP contribution in [0.1, 0.15) is 21.7 Å². The normalized spacial score (nSPS) is 18.5. The van der Waals surface area contributed by atoms with Crippen LogP contribution in [0.25, 0.3) is 0 Å². The summed E-state index contributed by atoms with van der Waals surface area (Å²) in [6, 6.07) is 12.5. The molecule has 2 heterocycles. The van der Waals surface area contributed by atoms with Crippen molar-refractivity contribution in [3.05, 3.63) is 70.2 Å². The van der Waals surface area contributed by atoms with Crippen LogP contribution in [0, 0.1) is 13.8 Å². The van der Waals surface area contributed by atoms with Gasteiger partial charge in [-0.05, 0) is 49.2 Å². The minimum atomic E-state index is -4.45. The van der Waals surface area contributed by atoms with Crippen molar-refractivity contribution in [1.29, 1.82) is 0 Å². The van der Waals surface area contributed by atoms with Crippen molar-refractivity contribution >= 4 is 32.6 Å². The molecule has 0 aliphatic carbocycles. The molecule has 0 radical (unpaired) electrons. The van der Waals surface area contributed by atoms with Gasteiger partial charge in [0.25, 0.3) is 10.1 Å². The van der Waals surface area contributed by atoms with Crippen molar-refractivity contribution < 1.29 is 27.6 Å². The van der Waals surface area contributed by atoms with E-state index in [2.05, 4.69) is 21.4 Å². The van der Waals surface area contributed by atoms with Crippen LogP contribution >= 0.6 is 11.3 Å². The maximum atomic E-state index is 11.8. The quantitative estimate of drug-likeness (QED) is 0.307. The molecule has 1 aliphatic heterocycles. The Bertz CT molecular complexity index is 1290. The van der Waals surface area contributed by atoms with Gasteiger partial charge in [-0.3, -0.25) is 4.55 Å². The first-order valence-corrected chi connectivity index (χ1v) is 11.9.